The highest BCUT2D eigenvalue weighted by atomic mass is 32.2. The van der Waals surface area contributed by atoms with Crippen LogP contribution in [0.15, 0.2) is 29.4 Å². The smallest absolute Gasteiger partial charge is 0.232 e. The first-order valence-corrected chi connectivity index (χ1v) is 12.9. The first-order valence-electron chi connectivity index (χ1n) is 12.0. The molecule has 1 saturated carbocycles. The van der Waals surface area contributed by atoms with Crippen LogP contribution < -0.4 is 0 Å². The van der Waals surface area contributed by atoms with E-state index in [4.69, 9.17) is 4.74 Å². The fraction of sp³-hybridized carbons (Fsp3) is 0.625. The molecule has 4 rings (SSSR count). The summed E-state index contributed by atoms with van der Waals surface area (Å²) >= 11 is 1.43. The topological polar surface area (TPSA) is 63.5 Å². The third-order valence-corrected chi connectivity index (χ3v) is 7.52. The van der Waals surface area contributed by atoms with Crippen molar-refractivity contribution in [3.8, 4) is 11.4 Å². The van der Waals surface area contributed by atoms with Crippen LogP contribution in [0.25, 0.3) is 11.4 Å². The number of carbonyl (C=O) groups is 1. The Bertz CT molecular complexity index is 895. The van der Waals surface area contributed by atoms with Gasteiger partial charge in [-0.3, -0.25) is 9.69 Å². The van der Waals surface area contributed by atoms with Crippen LogP contribution in [0.1, 0.15) is 32.1 Å². The summed E-state index contributed by atoms with van der Waals surface area (Å²) in [6.45, 7) is 5.69. The molecule has 1 amide bonds. The number of morpholine rings is 1. The summed E-state index contributed by atoms with van der Waals surface area (Å²) in [5.41, 5.74) is 0.818. The molecule has 9 heteroatoms. The molecule has 0 N–H and O–H groups in total. The van der Waals surface area contributed by atoms with E-state index in [2.05, 4.69) is 19.7 Å². The standard InChI is InChI=1S/C24H34FN5O2S/c1-28(17-19-5-3-2-4-6-19)22(31)18-33-24-27-26-23(20-7-9-21(25)10-8-20)30(24)12-11-29-13-15-32-16-14-29/h7-10,19H,2-6,11-18H2,1H3. The largest absolute Gasteiger partial charge is 0.379 e. The molecule has 1 saturated heterocycles. The second-order valence-electron chi connectivity index (χ2n) is 8.99. The molecule has 2 aliphatic rings. The van der Waals surface area contributed by atoms with Gasteiger partial charge in [-0.05, 0) is 43.0 Å². The Kier molecular flexibility index (Phi) is 8.75. The Morgan fingerprint density at radius 2 is 1.85 bits per heavy atom. The predicted molar refractivity (Wildman–Crippen MR) is 128 cm³/mol. The zero-order valence-corrected chi connectivity index (χ0v) is 20.2. The fourth-order valence-corrected chi connectivity index (χ4v) is 5.48. The van der Waals surface area contributed by atoms with Gasteiger partial charge in [0.15, 0.2) is 11.0 Å². The van der Waals surface area contributed by atoms with Crippen molar-refractivity contribution in [2.75, 3.05) is 52.2 Å². The lowest BCUT2D eigenvalue weighted by Crippen LogP contribution is -2.38. The molecule has 2 heterocycles. The molecule has 0 atom stereocenters. The van der Waals surface area contributed by atoms with Gasteiger partial charge in [-0.1, -0.05) is 31.0 Å². The maximum atomic E-state index is 13.4. The van der Waals surface area contributed by atoms with Crippen LogP contribution >= 0.6 is 11.8 Å². The van der Waals surface area contributed by atoms with Crippen LogP contribution in [0.5, 0.6) is 0 Å². The van der Waals surface area contributed by atoms with Crippen LogP contribution in [0.3, 0.4) is 0 Å². The molecule has 0 spiro atoms. The number of halogens is 1. The normalized spacial score (nSPS) is 17.9. The van der Waals surface area contributed by atoms with Crippen molar-refractivity contribution in [2.45, 2.75) is 43.8 Å². The number of rotatable bonds is 9. The van der Waals surface area contributed by atoms with E-state index in [1.807, 2.05) is 11.9 Å². The number of hydrogen-bond donors (Lipinski definition) is 0. The lowest BCUT2D eigenvalue weighted by molar-refractivity contribution is -0.127. The van der Waals surface area contributed by atoms with Crippen molar-refractivity contribution in [3.05, 3.63) is 30.1 Å². The van der Waals surface area contributed by atoms with Crippen LogP contribution in [0.4, 0.5) is 4.39 Å². The molecule has 33 heavy (non-hydrogen) atoms. The van der Waals surface area contributed by atoms with Gasteiger partial charge in [0.2, 0.25) is 5.91 Å². The molecule has 180 valence electrons. The van der Waals surface area contributed by atoms with E-state index in [-0.39, 0.29) is 11.7 Å². The lowest BCUT2D eigenvalue weighted by atomic mass is 9.89. The molecule has 0 radical (unpaired) electrons. The van der Waals surface area contributed by atoms with Crippen LogP contribution in [-0.4, -0.2) is 82.7 Å². The van der Waals surface area contributed by atoms with Crippen molar-refractivity contribution < 1.29 is 13.9 Å². The first kappa shape index (κ1) is 24.2. The minimum atomic E-state index is -0.278. The SMILES string of the molecule is CN(CC1CCCCC1)C(=O)CSc1nnc(-c2ccc(F)cc2)n1CCN1CCOCC1. The average Bonchev–Trinajstić information content (AvgIpc) is 3.25. The highest BCUT2D eigenvalue weighted by Crippen LogP contribution is 2.26. The average molecular weight is 476 g/mol. The Balaban J connectivity index is 1.42. The fourth-order valence-electron chi connectivity index (χ4n) is 4.57. The van der Waals surface area contributed by atoms with E-state index in [9.17, 15) is 9.18 Å². The van der Waals surface area contributed by atoms with Crippen molar-refractivity contribution in [2.24, 2.45) is 5.92 Å². The van der Waals surface area contributed by atoms with Gasteiger partial charge >= 0.3 is 0 Å². The van der Waals surface area contributed by atoms with Gasteiger partial charge in [-0.2, -0.15) is 0 Å². The van der Waals surface area contributed by atoms with Crippen LogP contribution in [0, 0.1) is 11.7 Å². The van der Waals surface area contributed by atoms with Gasteiger partial charge < -0.3 is 14.2 Å². The van der Waals surface area contributed by atoms with Crippen LogP contribution in [0.2, 0.25) is 0 Å². The number of ether oxygens (including phenoxy) is 1. The summed E-state index contributed by atoms with van der Waals surface area (Å²) in [5, 5.41) is 9.52. The third kappa shape index (κ3) is 6.77. The summed E-state index contributed by atoms with van der Waals surface area (Å²) in [6.07, 6.45) is 6.32. The summed E-state index contributed by atoms with van der Waals surface area (Å²) in [7, 11) is 1.91. The molecule has 1 aliphatic carbocycles. The van der Waals surface area contributed by atoms with E-state index in [0.29, 0.717) is 24.0 Å². The van der Waals surface area contributed by atoms with Gasteiger partial charge in [0.1, 0.15) is 5.82 Å². The lowest BCUT2D eigenvalue weighted by Gasteiger charge is -2.27. The Morgan fingerprint density at radius 1 is 1.12 bits per heavy atom. The highest BCUT2D eigenvalue weighted by molar-refractivity contribution is 7.99. The number of amides is 1. The Hall–Kier alpha value is -1.97. The van der Waals surface area contributed by atoms with Crippen molar-refractivity contribution in [1.29, 1.82) is 0 Å². The van der Waals surface area contributed by atoms with Gasteiger partial charge in [-0.15, -0.1) is 10.2 Å². The zero-order chi connectivity index (χ0) is 23.0. The second kappa shape index (κ2) is 11.9. The van der Waals surface area contributed by atoms with E-state index >= 15 is 0 Å². The number of aromatic nitrogens is 3. The first-order chi connectivity index (χ1) is 16.1. The van der Waals surface area contributed by atoms with Gasteiger partial charge in [0.25, 0.3) is 0 Å². The molecular formula is C24H34FN5O2S. The third-order valence-electron chi connectivity index (χ3n) is 6.57. The maximum absolute atomic E-state index is 13.4. The summed E-state index contributed by atoms with van der Waals surface area (Å²) in [5.74, 6) is 1.51. The molecule has 2 aromatic rings. The second-order valence-corrected chi connectivity index (χ2v) is 9.93. The minimum Gasteiger partial charge on any atom is -0.379 e. The quantitative estimate of drug-likeness (QED) is 0.517. The molecule has 0 bridgehead atoms. The summed E-state index contributed by atoms with van der Waals surface area (Å²) in [6, 6.07) is 6.32. The summed E-state index contributed by atoms with van der Waals surface area (Å²) < 4.78 is 21.0. The Morgan fingerprint density at radius 3 is 2.58 bits per heavy atom. The summed E-state index contributed by atoms with van der Waals surface area (Å²) in [4.78, 5) is 17.0. The molecule has 1 aromatic carbocycles. The van der Waals surface area contributed by atoms with Crippen molar-refractivity contribution >= 4 is 17.7 Å². The van der Waals surface area contributed by atoms with Gasteiger partial charge in [-0.25, -0.2) is 4.39 Å². The van der Waals surface area contributed by atoms with Gasteiger partial charge in [0, 0.05) is 45.3 Å². The van der Waals surface area contributed by atoms with E-state index in [1.54, 1.807) is 12.1 Å². The predicted octanol–water partition coefficient (Wildman–Crippen LogP) is 3.55. The number of hydrogen-bond acceptors (Lipinski definition) is 6. The maximum Gasteiger partial charge on any atom is 0.232 e. The minimum absolute atomic E-state index is 0.122. The molecule has 2 fully saturated rings. The molecule has 1 aromatic heterocycles. The number of nitrogens with zero attached hydrogens (tertiary/aromatic N) is 5. The molecule has 1 aliphatic heterocycles. The van der Waals surface area contributed by atoms with E-state index < -0.39 is 0 Å². The van der Waals surface area contributed by atoms with E-state index in [0.717, 1.165) is 50.1 Å². The number of carbonyl (C=O) groups excluding carboxylic acids is 1. The highest BCUT2D eigenvalue weighted by Gasteiger charge is 2.21. The Labute approximate surface area is 199 Å². The van der Waals surface area contributed by atoms with E-state index in [1.165, 1.54) is 56.0 Å². The van der Waals surface area contributed by atoms with Crippen molar-refractivity contribution in [1.82, 2.24) is 24.6 Å². The number of benzene rings is 1. The zero-order valence-electron chi connectivity index (χ0n) is 19.4. The molecule has 0 unspecified atom stereocenters. The molecular weight excluding hydrogens is 441 g/mol. The number of thioether (sulfide) groups is 1. The van der Waals surface area contributed by atoms with Gasteiger partial charge in [0.05, 0.1) is 19.0 Å². The molecule has 7 nitrogen and oxygen atoms in total. The van der Waals surface area contributed by atoms with Crippen molar-refractivity contribution in [3.63, 3.8) is 0 Å². The van der Waals surface area contributed by atoms with Crippen LogP contribution in [-0.2, 0) is 16.1 Å². The monoisotopic (exact) mass is 475 g/mol.